The Bertz CT molecular complexity index is 639. The predicted octanol–water partition coefficient (Wildman–Crippen LogP) is 8.26. The topological polar surface area (TPSA) is 83.3 Å². The summed E-state index contributed by atoms with van der Waals surface area (Å²) in [4.78, 5) is 28.5. The van der Waals surface area contributed by atoms with E-state index in [1.807, 2.05) is 0 Å². The van der Waals surface area contributed by atoms with Gasteiger partial charge in [0.2, 0.25) is 0 Å². The summed E-state index contributed by atoms with van der Waals surface area (Å²) in [6.45, 7) is 7.22. The summed E-state index contributed by atoms with van der Waals surface area (Å²) in [5.41, 5.74) is 0. The third kappa shape index (κ3) is 16.7. The van der Waals surface area contributed by atoms with Crippen LogP contribution in [-0.2, 0) is 14.3 Å². The van der Waals surface area contributed by atoms with Gasteiger partial charge < -0.3 is 9.47 Å². The van der Waals surface area contributed by atoms with E-state index in [9.17, 15) is 9.59 Å². The molecule has 0 spiro atoms. The molecule has 1 heterocycles. The van der Waals surface area contributed by atoms with Gasteiger partial charge in [-0.15, -0.1) is 5.10 Å². The number of aromatic nitrogens is 3. The van der Waals surface area contributed by atoms with Crippen LogP contribution < -0.4 is 0 Å². The number of hydrogen-bond acceptors (Lipinski definition) is 6. The van der Waals surface area contributed by atoms with Crippen LogP contribution in [0.4, 0.5) is 4.79 Å². The van der Waals surface area contributed by atoms with Crippen LogP contribution in [0.3, 0.4) is 0 Å². The first-order valence-corrected chi connectivity index (χ1v) is 14.8. The maximum atomic E-state index is 12.4. The number of ether oxygens (including phenoxy) is 2. The minimum absolute atomic E-state index is 0.0961. The third-order valence-corrected chi connectivity index (χ3v) is 6.82. The van der Waals surface area contributed by atoms with Gasteiger partial charge in [-0.1, -0.05) is 91.4 Å². The summed E-state index contributed by atoms with van der Waals surface area (Å²) in [6.07, 6.45) is 22.6. The second-order valence-electron chi connectivity index (χ2n) is 10.2. The molecule has 1 aromatic rings. The highest BCUT2D eigenvalue weighted by Crippen LogP contribution is 2.20. The van der Waals surface area contributed by atoms with Crippen LogP contribution in [0.2, 0.25) is 0 Å². The molecule has 0 radical (unpaired) electrons. The Labute approximate surface area is 220 Å². The number of unbranched alkanes of at least 4 members (excludes halogenated alkanes) is 10. The number of esters is 1. The van der Waals surface area contributed by atoms with Gasteiger partial charge >= 0.3 is 12.1 Å². The van der Waals surface area contributed by atoms with Gasteiger partial charge in [0, 0.05) is 6.42 Å². The molecule has 0 saturated heterocycles. The first kappa shape index (κ1) is 32.1. The third-order valence-electron chi connectivity index (χ3n) is 6.82. The van der Waals surface area contributed by atoms with E-state index in [4.69, 9.17) is 9.47 Å². The Kier molecular flexibility index (Phi) is 19.9. The molecule has 7 nitrogen and oxygen atoms in total. The van der Waals surface area contributed by atoms with Crippen LogP contribution in [-0.4, -0.2) is 39.5 Å². The number of rotatable bonds is 23. The molecule has 0 aliphatic rings. The van der Waals surface area contributed by atoms with Crippen LogP contribution in [0.15, 0.2) is 12.7 Å². The predicted molar refractivity (Wildman–Crippen MR) is 145 cm³/mol. The van der Waals surface area contributed by atoms with Crippen molar-refractivity contribution in [2.24, 2.45) is 5.92 Å². The van der Waals surface area contributed by atoms with Crippen LogP contribution >= 0.6 is 0 Å². The molecule has 0 aliphatic carbocycles. The summed E-state index contributed by atoms with van der Waals surface area (Å²) in [6, 6.07) is 0. The van der Waals surface area contributed by atoms with E-state index in [2.05, 4.69) is 30.9 Å². The molecular formula is C29H53N3O4. The molecule has 0 aromatic carbocycles. The summed E-state index contributed by atoms with van der Waals surface area (Å²) in [5.74, 6) is 0.396. The Hall–Kier alpha value is -1.92. The Balaban J connectivity index is 2.35. The van der Waals surface area contributed by atoms with Gasteiger partial charge in [0.05, 0.1) is 6.61 Å². The molecule has 0 fully saturated rings. The second-order valence-corrected chi connectivity index (χ2v) is 10.2. The van der Waals surface area contributed by atoms with Crippen molar-refractivity contribution in [3.8, 4) is 0 Å². The lowest BCUT2D eigenvalue weighted by atomic mass is 9.95. The molecule has 1 unspecified atom stereocenters. The fourth-order valence-electron chi connectivity index (χ4n) is 4.51. The highest BCUT2D eigenvalue weighted by molar-refractivity contribution is 5.69. The van der Waals surface area contributed by atoms with Crippen molar-refractivity contribution in [2.45, 2.75) is 149 Å². The SMILES string of the molecule is CCCCCCC(CCCCCC)COC(=O)CCCCC(CCCCCC)OC(=O)n1cncn1. The summed E-state index contributed by atoms with van der Waals surface area (Å²) in [5, 5.41) is 3.86. The van der Waals surface area contributed by atoms with Crippen molar-refractivity contribution < 1.29 is 19.1 Å². The summed E-state index contributed by atoms with van der Waals surface area (Å²) in [7, 11) is 0. The zero-order chi connectivity index (χ0) is 26.3. The monoisotopic (exact) mass is 507 g/mol. The summed E-state index contributed by atoms with van der Waals surface area (Å²) >= 11 is 0. The Morgan fingerprint density at radius 3 is 1.83 bits per heavy atom. The molecule has 1 aromatic heterocycles. The minimum Gasteiger partial charge on any atom is -0.465 e. The molecule has 36 heavy (non-hydrogen) atoms. The van der Waals surface area contributed by atoms with Crippen LogP contribution in [0, 0.1) is 5.92 Å². The maximum absolute atomic E-state index is 12.4. The molecule has 208 valence electrons. The van der Waals surface area contributed by atoms with E-state index in [-0.39, 0.29) is 12.1 Å². The molecule has 0 saturated carbocycles. The van der Waals surface area contributed by atoms with Gasteiger partial charge in [-0.2, -0.15) is 4.68 Å². The average molecular weight is 508 g/mol. The first-order chi connectivity index (χ1) is 17.6. The Morgan fingerprint density at radius 1 is 0.750 bits per heavy atom. The second kappa shape index (κ2) is 22.3. The van der Waals surface area contributed by atoms with Crippen molar-refractivity contribution in [2.75, 3.05) is 6.61 Å². The number of nitrogens with zero attached hydrogens (tertiary/aromatic N) is 3. The largest absolute Gasteiger partial charge is 0.465 e. The van der Waals surface area contributed by atoms with Crippen molar-refractivity contribution in [1.82, 2.24) is 14.8 Å². The molecule has 0 amide bonds. The van der Waals surface area contributed by atoms with E-state index in [1.54, 1.807) is 0 Å². The van der Waals surface area contributed by atoms with Gasteiger partial charge in [0.25, 0.3) is 0 Å². The van der Waals surface area contributed by atoms with Crippen LogP contribution in [0.1, 0.15) is 143 Å². The first-order valence-electron chi connectivity index (χ1n) is 14.8. The van der Waals surface area contributed by atoms with Crippen molar-refractivity contribution in [3.63, 3.8) is 0 Å². The van der Waals surface area contributed by atoms with Gasteiger partial charge in [-0.3, -0.25) is 4.79 Å². The molecule has 1 atom stereocenters. The van der Waals surface area contributed by atoms with E-state index < -0.39 is 6.09 Å². The average Bonchev–Trinajstić information content (AvgIpc) is 3.42. The number of hydrogen-bond donors (Lipinski definition) is 0. The lowest BCUT2D eigenvalue weighted by molar-refractivity contribution is -0.145. The lowest BCUT2D eigenvalue weighted by Gasteiger charge is -2.18. The molecule has 0 N–H and O–H groups in total. The standard InChI is InChI=1S/C29H53N3O4/c1-4-7-10-13-18-26(19-14-11-8-5-2)23-35-28(33)22-17-16-21-27(20-15-12-9-6-3)36-29(34)32-25-30-24-31-32/h24-27H,4-23H2,1-3H3. The van der Waals surface area contributed by atoms with Crippen LogP contribution in [0.5, 0.6) is 0 Å². The highest BCUT2D eigenvalue weighted by atomic mass is 16.6. The fraction of sp³-hybridized carbons (Fsp3) is 0.862. The molecule has 0 bridgehead atoms. The van der Waals surface area contributed by atoms with Gasteiger partial charge in [-0.05, 0) is 50.9 Å². The number of carbonyl (C=O) groups excluding carboxylic acids is 2. The fourth-order valence-corrected chi connectivity index (χ4v) is 4.51. The lowest BCUT2D eigenvalue weighted by Crippen LogP contribution is -2.23. The molecule has 7 heteroatoms. The van der Waals surface area contributed by atoms with E-state index in [0.29, 0.717) is 18.9 Å². The zero-order valence-electron chi connectivity index (χ0n) is 23.4. The van der Waals surface area contributed by atoms with Crippen molar-refractivity contribution in [3.05, 3.63) is 12.7 Å². The van der Waals surface area contributed by atoms with E-state index in [0.717, 1.165) is 56.0 Å². The quantitative estimate of drug-likeness (QED) is 0.109. The van der Waals surface area contributed by atoms with Crippen molar-refractivity contribution >= 4 is 12.1 Å². The van der Waals surface area contributed by atoms with E-state index >= 15 is 0 Å². The van der Waals surface area contributed by atoms with Gasteiger partial charge in [-0.25, -0.2) is 9.78 Å². The van der Waals surface area contributed by atoms with Gasteiger partial charge in [0.1, 0.15) is 18.8 Å². The van der Waals surface area contributed by atoms with E-state index in [1.165, 1.54) is 76.9 Å². The minimum atomic E-state index is -0.490. The van der Waals surface area contributed by atoms with Gasteiger partial charge in [0.15, 0.2) is 0 Å². The highest BCUT2D eigenvalue weighted by Gasteiger charge is 2.17. The molecule has 0 aliphatic heterocycles. The smallest absolute Gasteiger partial charge is 0.436 e. The maximum Gasteiger partial charge on any atom is 0.436 e. The number of carbonyl (C=O) groups is 2. The normalized spacial score (nSPS) is 12.1. The summed E-state index contributed by atoms with van der Waals surface area (Å²) < 4.78 is 12.5. The molecule has 1 rings (SSSR count). The van der Waals surface area contributed by atoms with Crippen molar-refractivity contribution in [1.29, 1.82) is 0 Å². The Morgan fingerprint density at radius 2 is 1.31 bits per heavy atom. The zero-order valence-corrected chi connectivity index (χ0v) is 23.4. The molecular weight excluding hydrogens is 454 g/mol. The van der Waals surface area contributed by atoms with Crippen LogP contribution in [0.25, 0.3) is 0 Å².